The van der Waals surface area contributed by atoms with Gasteiger partial charge in [-0.1, -0.05) is 17.4 Å². The highest BCUT2D eigenvalue weighted by Crippen LogP contribution is 2.26. The molecule has 27 heavy (non-hydrogen) atoms. The van der Waals surface area contributed by atoms with Gasteiger partial charge in [-0.25, -0.2) is 9.78 Å². The molecule has 10 heteroatoms. The number of rotatable bonds is 5. The van der Waals surface area contributed by atoms with Crippen LogP contribution in [-0.2, 0) is 4.74 Å². The van der Waals surface area contributed by atoms with Crippen LogP contribution in [0.15, 0.2) is 18.5 Å². The van der Waals surface area contributed by atoms with E-state index in [2.05, 4.69) is 25.8 Å². The summed E-state index contributed by atoms with van der Waals surface area (Å²) >= 11 is 1.08. The first kappa shape index (κ1) is 18.6. The Hall–Kier alpha value is -3.14. The minimum absolute atomic E-state index is 0.274. The van der Waals surface area contributed by atoms with Gasteiger partial charge in [-0.05, 0) is 55.3 Å². The first-order valence-corrected chi connectivity index (χ1v) is 9.03. The molecule has 0 atom stereocenters. The molecule has 0 aliphatic heterocycles. The first-order chi connectivity index (χ1) is 12.9. The average molecular weight is 386 g/mol. The zero-order chi connectivity index (χ0) is 19.6. The van der Waals surface area contributed by atoms with Crippen molar-refractivity contribution in [3.63, 3.8) is 0 Å². The first-order valence-electron chi connectivity index (χ1n) is 8.21. The van der Waals surface area contributed by atoms with Crippen molar-refractivity contribution in [1.29, 1.82) is 0 Å². The van der Waals surface area contributed by atoms with Crippen molar-refractivity contribution < 1.29 is 14.3 Å². The largest absolute Gasteiger partial charge is 0.462 e. The summed E-state index contributed by atoms with van der Waals surface area (Å²) in [6, 6.07) is 3.57. The van der Waals surface area contributed by atoms with Crippen molar-refractivity contribution in [3.05, 3.63) is 45.7 Å². The number of esters is 1. The molecule has 140 valence electrons. The standard InChI is InChI=1S/C17H18N6O3S/c1-5-26-16(25)14-11(4)19-17(27-14)20-15(24)12-7-6-9(2)10(3)13(12)23-8-18-21-22-23/h6-8H,5H2,1-4H3,(H,19,20,24). The number of ether oxygens (including phenoxy) is 1. The van der Waals surface area contributed by atoms with E-state index in [-0.39, 0.29) is 12.5 Å². The van der Waals surface area contributed by atoms with Gasteiger partial charge in [0.15, 0.2) is 5.13 Å². The molecule has 1 N–H and O–H groups in total. The van der Waals surface area contributed by atoms with Crippen LogP contribution in [0.1, 0.15) is 43.8 Å². The quantitative estimate of drug-likeness (QED) is 0.670. The summed E-state index contributed by atoms with van der Waals surface area (Å²) in [7, 11) is 0. The monoisotopic (exact) mass is 386 g/mol. The molecule has 0 bridgehead atoms. The molecular formula is C17H18N6O3S. The van der Waals surface area contributed by atoms with E-state index < -0.39 is 5.97 Å². The summed E-state index contributed by atoms with van der Waals surface area (Å²) in [5.74, 6) is -0.818. The van der Waals surface area contributed by atoms with Crippen molar-refractivity contribution in [1.82, 2.24) is 25.2 Å². The summed E-state index contributed by atoms with van der Waals surface area (Å²) in [6.45, 7) is 7.55. The second-order valence-corrected chi connectivity index (χ2v) is 6.77. The molecule has 0 spiro atoms. The summed E-state index contributed by atoms with van der Waals surface area (Å²) in [6.07, 6.45) is 1.44. The molecule has 0 unspecified atom stereocenters. The minimum Gasteiger partial charge on any atom is -0.462 e. The molecule has 0 fully saturated rings. The lowest BCUT2D eigenvalue weighted by Gasteiger charge is -2.13. The van der Waals surface area contributed by atoms with Gasteiger partial charge in [-0.2, -0.15) is 4.68 Å². The number of amides is 1. The zero-order valence-corrected chi connectivity index (χ0v) is 16.1. The van der Waals surface area contributed by atoms with Gasteiger partial charge >= 0.3 is 5.97 Å². The van der Waals surface area contributed by atoms with Crippen molar-refractivity contribution in [2.24, 2.45) is 0 Å². The van der Waals surface area contributed by atoms with Crippen LogP contribution in [0.2, 0.25) is 0 Å². The second-order valence-electron chi connectivity index (χ2n) is 5.77. The molecule has 1 aromatic carbocycles. The molecule has 0 aliphatic rings. The number of carbonyl (C=O) groups is 2. The number of nitrogens with zero attached hydrogens (tertiary/aromatic N) is 5. The van der Waals surface area contributed by atoms with E-state index in [9.17, 15) is 9.59 Å². The van der Waals surface area contributed by atoms with E-state index in [0.29, 0.717) is 27.0 Å². The Morgan fingerprint density at radius 1 is 1.26 bits per heavy atom. The van der Waals surface area contributed by atoms with Crippen molar-refractivity contribution in [3.8, 4) is 5.69 Å². The fourth-order valence-corrected chi connectivity index (χ4v) is 3.40. The summed E-state index contributed by atoms with van der Waals surface area (Å²) in [5.41, 5.74) is 3.39. The molecule has 0 radical (unpaired) electrons. The van der Waals surface area contributed by atoms with Gasteiger partial charge in [0.05, 0.1) is 23.6 Å². The fraction of sp³-hybridized carbons (Fsp3) is 0.294. The van der Waals surface area contributed by atoms with Gasteiger partial charge in [0.25, 0.3) is 5.91 Å². The number of benzene rings is 1. The van der Waals surface area contributed by atoms with Crippen LogP contribution in [0.5, 0.6) is 0 Å². The van der Waals surface area contributed by atoms with Crippen molar-refractivity contribution in [2.75, 3.05) is 11.9 Å². The maximum Gasteiger partial charge on any atom is 0.350 e. The highest BCUT2D eigenvalue weighted by atomic mass is 32.1. The molecule has 3 aromatic rings. The van der Waals surface area contributed by atoms with E-state index in [4.69, 9.17) is 4.74 Å². The van der Waals surface area contributed by atoms with Crippen LogP contribution in [0.4, 0.5) is 5.13 Å². The Morgan fingerprint density at radius 3 is 2.70 bits per heavy atom. The van der Waals surface area contributed by atoms with Gasteiger partial charge in [0, 0.05) is 0 Å². The smallest absolute Gasteiger partial charge is 0.350 e. The lowest BCUT2D eigenvalue weighted by molar-refractivity contribution is 0.0531. The Balaban J connectivity index is 1.93. The minimum atomic E-state index is -0.450. The van der Waals surface area contributed by atoms with Crippen LogP contribution in [-0.4, -0.2) is 43.7 Å². The number of hydrogen-bond acceptors (Lipinski definition) is 8. The van der Waals surface area contributed by atoms with E-state index in [1.54, 1.807) is 19.9 Å². The molecule has 0 saturated carbocycles. The zero-order valence-electron chi connectivity index (χ0n) is 15.3. The number of tetrazole rings is 1. The average Bonchev–Trinajstić information content (AvgIpc) is 3.27. The summed E-state index contributed by atoms with van der Waals surface area (Å²) < 4.78 is 6.45. The molecule has 0 aliphatic carbocycles. The number of carbonyl (C=O) groups excluding carboxylic acids is 2. The Labute approximate surface area is 159 Å². The van der Waals surface area contributed by atoms with Crippen LogP contribution < -0.4 is 5.32 Å². The third-order valence-electron chi connectivity index (χ3n) is 4.00. The lowest BCUT2D eigenvalue weighted by Crippen LogP contribution is -2.16. The van der Waals surface area contributed by atoms with E-state index >= 15 is 0 Å². The molecule has 2 aromatic heterocycles. The topological polar surface area (TPSA) is 112 Å². The maximum absolute atomic E-state index is 12.9. The number of nitrogens with one attached hydrogen (secondary N) is 1. The van der Waals surface area contributed by atoms with E-state index in [1.807, 2.05) is 19.9 Å². The highest BCUT2D eigenvalue weighted by Gasteiger charge is 2.21. The summed E-state index contributed by atoms with van der Waals surface area (Å²) in [5, 5.41) is 14.3. The van der Waals surface area contributed by atoms with Gasteiger partial charge in [-0.15, -0.1) is 5.10 Å². The van der Waals surface area contributed by atoms with Crippen LogP contribution in [0, 0.1) is 20.8 Å². The number of hydrogen-bond donors (Lipinski definition) is 1. The molecule has 1 amide bonds. The number of aromatic nitrogens is 5. The molecule has 2 heterocycles. The van der Waals surface area contributed by atoms with E-state index in [1.165, 1.54) is 11.0 Å². The second kappa shape index (κ2) is 7.62. The fourth-order valence-electron chi connectivity index (χ4n) is 2.54. The van der Waals surface area contributed by atoms with Crippen molar-refractivity contribution >= 4 is 28.3 Å². The number of thiazole rings is 1. The van der Waals surface area contributed by atoms with Crippen molar-refractivity contribution in [2.45, 2.75) is 27.7 Å². The Bertz CT molecular complexity index is 997. The van der Waals surface area contributed by atoms with Gasteiger partial charge in [-0.3, -0.25) is 10.1 Å². The van der Waals surface area contributed by atoms with Gasteiger partial charge < -0.3 is 4.74 Å². The normalized spacial score (nSPS) is 10.7. The molecular weight excluding hydrogens is 368 g/mol. The van der Waals surface area contributed by atoms with Crippen LogP contribution in [0.25, 0.3) is 5.69 Å². The third-order valence-corrected chi connectivity index (χ3v) is 5.06. The number of aryl methyl sites for hydroxylation is 2. The predicted molar refractivity (Wildman–Crippen MR) is 99.4 cm³/mol. The third kappa shape index (κ3) is 3.70. The van der Waals surface area contributed by atoms with Crippen LogP contribution >= 0.6 is 11.3 Å². The van der Waals surface area contributed by atoms with Crippen LogP contribution in [0.3, 0.4) is 0 Å². The molecule has 3 rings (SSSR count). The lowest BCUT2D eigenvalue weighted by atomic mass is 10.0. The Morgan fingerprint density at radius 2 is 2.04 bits per heavy atom. The highest BCUT2D eigenvalue weighted by molar-refractivity contribution is 7.17. The summed E-state index contributed by atoms with van der Waals surface area (Å²) in [4.78, 5) is 29.4. The van der Waals surface area contributed by atoms with E-state index in [0.717, 1.165) is 22.5 Å². The Kier molecular flexibility index (Phi) is 5.26. The molecule has 0 saturated heterocycles. The maximum atomic E-state index is 12.9. The predicted octanol–water partition coefficient (Wildman–Crippen LogP) is 2.47. The number of anilines is 1. The molecule has 9 nitrogen and oxygen atoms in total. The van der Waals surface area contributed by atoms with Gasteiger partial charge in [0.2, 0.25) is 0 Å². The van der Waals surface area contributed by atoms with Gasteiger partial charge in [0.1, 0.15) is 11.2 Å². The SMILES string of the molecule is CCOC(=O)c1sc(NC(=O)c2ccc(C)c(C)c2-n2cnnn2)nc1C.